The van der Waals surface area contributed by atoms with Crippen molar-refractivity contribution >= 4 is 17.2 Å². The van der Waals surface area contributed by atoms with E-state index >= 15 is 0 Å². The van der Waals surface area contributed by atoms with E-state index in [9.17, 15) is 9.90 Å². The standard InChI is InChI=1S/C13H20N2O2S/c1-15(9-13(17)4-2-3-5-13)7-11-6-10(8-18-11)12(14)16/h6,8,17H,2-5,7,9H2,1H3,(H2,14,16). The lowest BCUT2D eigenvalue weighted by molar-refractivity contribution is 0.0147. The number of nitrogens with zero attached hydrogens (tertiary/aromatic N) is 1. The van der Waals surface area contributed by atoms with E-state index in [-0.39, 0.29) is 5.91 Å². The summed E-state index contributed by atoms with van der Waals surface area (Å²) < 4.78 is 0. The second-order valence-electron chi connectivity index (χ2n) is 5.27. The average molecular weight is 268 g/mol. The molecule has 1 amide bonds. The second-order valence-corrected chi connectivity index (χ2v) is 6.27. The van der Waals surface area contributed by atoms with Gasteiger partial charge in [-0.3, -0.25) is 9.69 Å². The number of carbonyl (C=O) groups excluding carboxylic acids is 1. The lowest BCUT2D eigenvalue weighted by Crippen LogP contribution is -2.38. The van der Waals surface area contributed by atoms with Crippen LogP contribution in [0.5, 0.6) is 0 Å². The van der Waals surface area contributed by atoms with Crippen LogP contribution in [0.2, 0.25) is 0 Å². The van der Waals surface area contributed by atoms with E-state index in [0.717, 1.165) is 37.1 Å². The molecule has 3 N–H and O–H groups in total. The van der Waals surface area contributed by atoms with Gasteiger partial charge in [0.15, 0.2) is 0 Å². The maximum atomic E-state index is 11.0. The maximum absolute atomic E-state index is 11.0. The van der Waals surface area contributed by atoms with Gasteiger partial charge in [0.2, 0.25) is 5.91 Å². The molecule has 1 saturated carbocycles. The number of primary amides is 1. The summed E-state index contributed by atoms with van der Waals surface area (Å²) in [7, 11) is 2.00. The summed E-state index contributed by atoms with van der Waals surface area (Å²) in [5.41, 5.74) is 5.28. The van der Waals surface area contributed by atoms with E-state index in [4.69, 9.17) is 5.73 Å². The van der Waals surface area contributed by atoms with Gasteiger partial charge in [0, 0.05) is 23.3 Å². The second kappa shape index (κ2) is 5.38. The Morgan fingerprint density at radius 2 is 2.22 bits per heavy atom. The van der Waals surface area contributed by atoms with Crippen LogP contribution < -0.4 is 5.73 Å². The molecular formula is C13H20N2O2S. The van der Waals surface area contributed by atoms with Crippen LogP contribution in [0.15, 0.2) is 11.4 Å². The molecule has 2 rings (SSSR count). The minimum absolute atomic E-state index is 0.380. The summed E-state index contributed by atoms with van der Waals surface area (Å²) in [5.74, 6) is -0.380. The van der Waals surface area contributed by atoms with Gasteiger partial charge in [0.25, 0.3) is 0 Å². The number of nitrogens with two attached hydrogens (primary N) is 1. The van der Waals surface area contributed by atoms with Gasteiger partial charge >= 0.3 is 0 Å². The normalized spacial score (nSPS) is 18.4. The Bertz CT molecular complexity index is 424. The molecule has 0 aromatic carbocycles. The fourth-order valence-corrected chi connectivity index (χ4v) is 3.56. The highest BCUT2D eigenvalue weighted by Crippen LogP contribution is 2.30. The first kappa shape index (κ1) is 13.5. The first-order valence-corrected chi connectivity index (χ1v) is 7.15. The van der Waals surface area contributed by atoms with E-state index in [0.29, 0.717) is 12.1 Å². The molecule has 1 aromatic rings. The molecule has 1 heterocycles. The van der Waals surface area contributed by atoms with Crippen molar-refractivity contribution in [3.8, 4) is 0 Å². The highest BCUT2D eigenvalue weighted by atomic mass is 32.1. The SMILES string of the molecule is CN(Cc1cc(C(N)=O)cs1)CC1(O)CCCC1. The highest BCUT2D eigenvalue weighted by molar-refractivity contribution is 7.10. The number of hydrogen-bond acceptors (Lipinski definition) is 4. The van der Waals surface area contributed by atoms with Crippen molar-refractivity contribution in [2.24, 2.45) is 5.73 Å². The highest BCUT2D eigenvalue weighted by Gasteiger charge is 2.32. The molecule has 4 nitrogen and oxygen atoms in total. The molecule has 1 aliphatic rings. The molecule has 100 valence electrons. The predicted octanol–water partition coefficient (Wildman–Crippen LogP) is 1.58. The number of likely N-dealkylation sites (N-methyl/N-ethyl adjacent to an activating group) is 1. The Labute approximate surface area is 111 Å². The van der Waals surface area contributed by atoms with E-state index in [2.05, 4.69) is 4.90 Å². The van der Waals surface area contributed by atoms with Crippen molar-refractivity contribution in [3.05, 3.63) is 21.9 Å². The molecule has 0 saturated heterocycles. The quantitative estimate of drug-likeness (QED) is 0.852. The van der Waals surface area contributed by atoms with Crippen LogP contribution >= 0.6 is 11.3 Å². The largest absolute Gasteiger partial charge is 0.389 e. The average Bonchev–Trinajstić information content (AvgIpc) is 2.87. The van der Waals surface area contributed by atoms with Gasteiger partial charge < -0.3 is 10.8 Å². The Kier molecular flexibility index (Phi) is 4.04. The van der Waals surface area contributed by atoms with Crippen LogP contribution in [0.3, 0.4) is 0 Å². The monoisotopic (exact) mass is 268 g/mol. The Hall–Kier alpha value is -0.910. The Balaban J connectivity index is 1.90. The fraction of sp³-hybridized carbons (Fsp3) is 0.615. The number of rotatable bonds is 5. The molecule has 1 aliphatic carbocycles. The predicted molar refractivity (Wildman–Crippen MR) is 72.6 cm³/mol. The van der Waals surface area contributed by atoms with Crippen LogP contribution in [-0.2, 0) is 6.54 Å². The van der Waals surface area contributed by atoms with Crippen LogP contribution in [0.25, 0.3) is 0 Å². The molecule has 0 aliphatic heterocycles. The van der Waals surface area contributed by atoms with Gasteiger partial charge in [-0.15, -0.1) is 11.3 Å². The summed E-state index contributed by atoms with van der Waals surface area (Å²) in [6.45, 7) is 1.44. The van der Waals surface area contributed by atoms with Gasteiger partial charge in [-0.05, 0) is 26.0 Å². The zero-order chi connectivity index (χ0) is 13.2. The number of amides is 1. The van der Waals surface area contributed by atoms with Gasteiger partial charge in [-0.2, -0.15) is 0 Å². The third-order valence-electron chi connectivity index (χ3n) is 3.46. The van der Waals surface area contributed by atoms with E-state index in [1.165, 1.54) is 11.3 Å². The van der Waals surface area contributed by atoms with Gasteiger partial charge in [-0.25, -0.2) is 0 Å². The third kappa shape index (κ3) is 3.31. The molecule has 0 spiro atoms. The molecule has 5 heteroatoms. The smallest absolute Gasteiger partial charge is 0.249 e. The first-order valence-electron chi connectivity index (χ1n) is 6.27. The summed E-state index contributed by atoms with van der Waals surface area (Å²) >= 11 is 1.54. The minimum Gasteiger partial charge on any atom is -0.389 e. The number of carbonyl (C=O) groups is 1. The van der Waals surface area contributed by atoms with Crippen molar-refractivity contribution in [2.45, 2.75) is 37.8 Å². The molecular weight excluding hydrogens is 248 g/mol. The maximum Gasteiger partial charge on any atom is 0.249 e. The zero-order valence-corrected chi connectivity index (χ0v) is 11.5. The number of thiophene rings is 1. The molecule has 0 radical (unpaired) electrons. The lowest BCUT2D eigenvalue weighted by atomic mass is 10.0. The fourth-order valence-electron chi connectivity index (χ4n) is 2.61. The molecule has 0 unspecified atom stereocenters. The van der Waals surface area contributed by atoms with Gasteiger partial charge in [0.05, 0.1) is 11.2 Å². The Morgan fingerprint density at radius 3 is 2.78 bits per heavy atom. The van der Waals surface area contributed by atoms with Gasteiger partial charge in [-0.1, -0.05) is 12.8 Å². The lowest BCUT2D eigenvalue weighted by Gasteiger charge is -2.28. The van der Waals surface area contributed by atoms with Crippen molar-refractivity contribution in [1.82, 2.24) is 4.90 Å². The molecule has 1 fully saturated rings. The third-order valence-corrected chi connectivity index (χ3v) is 4.38. The van der Waals surface area contributed by atoms with Crippen LogP contribution in [0.4, 0.5) is 0 Å². The number of aliphatic hydroxyl groups is 1. The number of hydrogen-bond donors (Lipinski definition) is 2. The summed E-state index contributed by atoms with van der Waals surface area (Å²) in [6, 6.07) is 1.84. The molecule has 0 atom stereocenters. The minimum atomic E-state index is -0.515. The van der Waals surface area contributed by atoms with Crippen LogP contribution in [-0.4, -0.2) is 35.1 Å². The summed E-state index contributed by atoms with van der Waals surface area (Å²) in [4.78, 5) is 14.2. The first-order chi connectivity index (χ1) is 8.48. The Morgan fingerprint density at radius 1 is 1.56 bits per heavy atom. The van der Waals surface area contributed by atoms with E-state index < -0.39 is 5.60 Å². The molecule has 0 bridgehead atoms. The van der Waals surface area contributed by atoms with Crippen LogP contribution in [0.1, 0.15) is 40.9 Å². The molecule has 1 aromatic heterocycles. The summed E-state index contributed by atoms with van der Waals surface area (Å²) in [5, 5.41) is 12.1. The van der Waals surface area contributed by atoms with Crippen molar-refractivity contribution in [1.29, 1.82) is 0 Å². The molecule has 18 heavy (non-hydrogen) atoms. The van der Waals surface area contributed by atoms with Crippen molar-refractivity contribution in [2.75, 3.05) is 13.6 Å². The van der Waals surface area contributed by atoms with E-state index in [1.54, 1.807) is 5.38 Å². The van der Waals surface area contributed by atoms with Crippen molar-refractivity contribution < 1.29 is 9.90 Å². The topological polar surface area (TPSA) is 66.6 Å². The van der Waals surface area contributed by atoms with E-state index in [1.807, 2.05) is 13.1 Å². The van der Waals surface area contributed by atoms with Gasteiger partial charge in [0.1, 0.15) is 0 Å². The zero-order valence-electron chi connectivity index (χ0n) is 10.7. The van der Waals surface area contributed by atoms with Crippen molar-refractivity contribution in [3.63, 3.8) is 0 Å². The summed E-state index contributed by atoms with van der Waals surface area (Å²) in [6.07, 6.45) is 4.03. The van der Waals surface area contributed by atoms with Crippen LogP contribution in [0, 0.1) is 0 Å².